The quantitative estimate of drug-likeness (QED) is 0.248. The van der Waals surface area contributed by atoms with Gasteiger partial charge in [0.15, 0.2) is 24.0 Å². The molecule has 0 N–H and O–H groups in total. The predicted molar refractivity (Wildman–Crippen MR) is 82.6 cm³/mol. The summed E-state index contributed by atoms with van der Waals surface area (Å²) in [4.78, 5) is 33.1. The van der Waals surface area contributed by atoms with Crippen LogP contribution in [-0.4, -0.2) is 30.4 Å². The van der Waals surface area contributed by atoms with Gasteiger partial charge in [-0.3, -0.25) is 14.9 Å². The number of hydrogen-bond acceptors (Lipinski definition) is 7. The molecule has 0 unspecified atom stereocenters. The van der Waals surface area contributed by atoms with Gasteiger partial charge in [-0.15, -0.1) is 0 Å². The zero-order valence-electron chi connectivity index (χ0n) is 12.9. The fourth-order valence-electron chi connectivity index (χ4n) is 1.79. The van der Waals surface area contributed by atoms with Gasteiger partial charge in [0.2, 0.25) is 0 Å². The number of ether oxygens (including phenoxy) is 2. The molecule has 0 saturated heterocycles. The summed E-state index contributed by atoms with van der Waals surface area (Å²) < 4.78 is 27.8. The molecule has 0 aliphatic carbocycles. The Morgan fingerprint density at radius 2 is 2.08 bits per heavy atom. The Morgan fingerprint density at radius 3 is 2.68 bits per heavy atom. The van der Waals surface area contributed by atoms with Gasteiger partial charge in [-0.05, 0) is 30.3 Å². The summed E-state index contributed by atoms with van der Waals surface area (Å²) in [5, 5.41) is 10.5. The number of hydrogen-bond donors (Lipinski definition) is 0. The highest BCUT2D eigenvalue weighted by molar-refractivity contribution is 5.99. The first-order valence-electron chi connectivity index (χ1n) is 6.86. The van der Waals surface area contributed by atoms with E-state index in [1.807, 2.05) is 0 Å². The number of Topliss-reactive ketones (excluding diaryl/α,β-unsaturated/α-hetero) is 1. The molecule has 2 aromatic rings. The molecule has 0 spiro atoms. The average Bonchev–Trinajstić information content (AvgIpc) is 3.07. The van der Waals surface area contributed by atoms with Crippen molar-refractivity contribution in [2.45, 2.75) is 0 Å². The van der Waals surface area contributed by atoms with Crippen molar-refractivity contribution in [3.8, 4) is 5.75 Å². The Hall–Kier alpha value is -3.49. The van der Waals surface area contributed by atoms with Gasteiger partial charge in [-0.25, -0.2) is 9.18 Å². The van der Waals surface area contributed by atoms with Crippen LogP contribution in [-0.2, 0) is 9.53 Å². The molecule has 1 aromatic carbocycles. The van der Waals surface area contributed by atoms with E-state index in [1.165, 1.54) is 25.3 Å². The number of methoxy groups -OCH3 is 1. The largest absolute Gasteiger partial charge is 0.494 e. The molecule has 0 saturated carbocycles. The fraction of sp³-hybridized carbons (Fsp3) is 0.125. The molecule has 0 amide bonds. The Labute approximate surface area is 140 Å². The maximum Gasteiger partial charge on any atom is 0.433 e. The molecule has 1 aromatic heterocycles. The van der Waals surface area contributed by atoms with Gasteiger partial charge in [0, 0.05) is 11.6 Å². The van der Waals surface area contributed by atoms with Crippen molar-refractivity contribution in [2.24, 2.45) is 0 Å². The predicted octanol–water partition coefficient (Wildman–Crippen LogP) is 2.77. The first-order chi connectivity index (χ1) is 11.9. The summed E-state index contributed by atoms with van der Waals surface area (Å²) in [7, 11) is 1.29. The van der Waals surface area contributed by atoms with Crippen LogP contribution in [0.15, 0.2) is 40.8 Å². The van der Waals surface area contributed by atoms with E-state index in [1.54, 1.807) is 0 Å². The zero-order chi connectivity index (χ0) is 18.4. The van der Waals surface area contributed by atoms with Crippen molar-refractivity contribution >= 4 is 23.7 Å². The second-order valence-electron chi connectivity index (χ2n) is 4.65. The molecule has 9 heteroatoms. The van der Waals surface area contributed by atoms with Crippen molar-refractivity contribution in [3.05, 3.63) is 63.7 Å². The SMILES string of the molecule is COc1ccc(C(=O)COC(=O)/C=C/c2ccc([N+](=O)[O-])o2)cc1F. The van der Waals surface area contributed by atoms with Crippen molar-refractivity contribution < 1.29 is 32.8 Å². The van der Waals surface area contributed by atoms with E-state index in [2.05, 4.69) is 0 Å². The third-order valence-electron chi connectivity index (χ3n) is 3.00. The minimum atomic E-state index is -0.860. The second-order valence-corrected chi connectivity index (χ2v) is 4.65. The van der Waals surface area contributed by atoms with Gasteiger partial charge in [0.25, 0.3) is 0 Å². The molecule has 0 atom stereocenters. The van der Waals surface area contributed by atoms with Crippen LogP contribution in [0.25, 0.3) is 6.08 Å². The standard InChI is InChI=1S/C16H12FNO7/c1-23-14-5-2-10(8-12(14)17)13(19)9-24-16(20)7-4-11-3-6-15(25-11)18(21)22/h2-8H,9H2,1H3/b7-4+. The first-order valence-corrected chi connectivity index (χ1v) is 6.86. The topological polar surface area (TPSA) is 109 Å². The van der Waals surface area contributed by atoms with Crippen molar-refractivity contribution in [1.29, 1.82) is 0 Å². The zero-order valence-corrected chi connectivity index (χ0v) is 12.9. The van der Waals surface area contributed by atoms with Crippen LogP contribution in [0.2, 0.25) is 0 Å². The van der Waals surface area contributed by atoms with E-state index in [9.17, 15) is 24.1 Å². The lowest BCUT2D eigenvalue weighted by Gasteiger charge is -2.05. The smallest absolute Gasteiger partial charge is 0.433 e. The molecule has 25 heavy (non-hydrogen) atoms. The number of nitro groups is 1. The van der Waals surface area contributed by atoms with Gasteiger partial charge in [0.05, 0.1) is 13.2 Å². The van der Waals surface area contributed by atoms with Crippen LogP contribution in [0.1, 0.15) is 16.1 Å². The second kappa shape index (κ2) is 7.86. The maximum atomic E-state index is 13.5. The number of carbonyl (C=O) groups excluding carboxylic acids is 2. The van der Waals surface area contributed by atoms with E-state index < -0.39 is 35.0 Å². The van der Waals surface area contributed by atoms with E-state index in [4.69, 9.17) is 13.9 Å². The monoisotopic (exact) mass is 349 g/mol. The lowest BCUT2D eigenvalue weighted by Crippen LogP contribution is -2.12. The fourth-order valence-corrected chi connectivity index (χ4v) is 1.79. The number of nitrogens with zero attached hydrogens (tertiary/aromatic N) is 1. The van der Waals surface area contributed by atoms with E-state index >= 15 is 0 Å². The van der Waals surface area contributed by atoms with E-state index in [0.29, 0.717) is 0 Å². The third kappa shape index (κ3) is 4.74. The number of carbonyl (C=O) groups is 2. The molecule has 130 valence electrons. The number of benzene rings is 1. The number of ketones is 1. The first kappa shape index (κ1) is 17.9. The number of furan rings is 1. The van der Waals surface area contributed by atoms with Crippen LogP contribution in [0, 0.1) is 15.9 Å². The highest BCUT2D eigenvalue weighted by atomic mass is 19.1. The number of esters is 1. The number of halogens is 1. The molecule has 2 rings (SSSR count). The maximum absolute atomic E-state index is 13.5. The summed E-state index contributed by atoms with van der Waals surface area (Å²) in [5.41, 5.74) is 0.0248. The highest BCUT2D eigenvalue weighted by Crippen LogP contribution is 2.18. The average molecular weight is 349 g/mol. The minimum absolute atomic E-state index is 0.0102. The molecule has 0 radical (unpaired) electrons. The summed E-state index contributed by atoms with van der Waals surface area (Å²) in [6.07, 6.45) is 2.11. The summed E-state index contributed by atoms with van der Waals surface area (Å²) in [6, 6.07) is 6.04. The van der Waals surface area contributed by atoms with Crippen LogP contribution < -0.4 is 4.74 Å². The van der Waals surface area contributed by atoms with Gasteiger partial charge in [-0.1, -0.05) is 0 Å². The lowest BCUT2D eigenvalue weighted by atomic mass is 10.1. The Morgan fingerprint density at radius 1 is 1.32 bits per heavy atom. The third-order valence-corrected chi connectivity index (χ3v) is 3.00. The summed E-state index contributed by atoms with van der Waals surface area (Å²) in [5.74, 6) is -2.57. The van der Waals surface area contributed by atoms with Gasteiger partial charge >= 0.3 is 11.9 Å². The van der Waals surface area contributed by atoms with Crippen LogP contribution in [0.5, 0.6) is 5.75 Å². The van der Waals surface area contributed by atoms with Gasteiger partial charge < -0.3 is 13.9 Å². The number of rotatable bonds is 7. The van der Waals surface area contributed by atoms with Crippen LogP contribution in [0.3, 0.4) is 0 Å². The van der Waals surface area contributed by atoms with Crippen molar-refractivity contribution in [1.82, 2.24) is 0 Å². The Balaban J connectivity index is 1.90. The van der Waals surface area contributed by atoms with Crippen LogP contribution in [0.4, 0.5) is 10.3 Å². The summed E-state index contributed by atoms with van der Waals surface area (Å²) in [6.45, 7) is -0.590. The highest BCUT2D eigenvalue weighted by Gasteiger charge is 2.13. The van der Waals surface area contributed by atoms with Gasteiger partial charge in [-0.2, -0.15) is 0 Å². The van der Waals surface area contributed by atoms with Crippen molar-refractivity contribution in [3.63, 3.8) is 0 Å². The lowest BCUT2D eigenvalue weighted by molar-refractivity contribution is -0.402. The summed E-state index contributed by atoms with van der Waals surface area (Å²) >= 11 is 0. The molecule has 0 fully saturated rings. The molecule has 8 nitrogen and oxygen atoms in total. The normalized spacial score (nSPS) is 10.6. The molecular weight excluding hydrogens is 337 g/mol. The Kier molecular flexibility index (Phi) is 5.62. The minimum Gasteiger partial charge on any atom is -0.494 e. The molecular formula is C16H12FNO7. The molecule has 1 heterocycles. The molecule has 0 aliphatic heterocycles. The Bertz CT molecular complexity index is 841. The van der Waals surface area contributed by atoms with Crippen molar-refractivity contribution in [2.75, 3.05) is 13.7 Å². The van der Waals surface area contributed by atoms with Crippen LogP contribution >= 0.6 is 0 Å². The van der Waals surface area contributed by atoms with Gasteiger partial charge in [0.1, 0.15) is 10.7 Å². The molecule has 0 aliphatic rings. The van der Waals surface area contributed by atoms with E-state index in [-0.39, 0.29) is 17.1 Å². The molecule has 0 bridgehead atoms. The van der Waals surface area contributed by atoms with E-state index in [0.717, 1.165) is 24.3 Å².